The van der Waals surface area contributed by atoms with E-state index in [0.717, 1.165) is 12.0 Å². The van der Waals surface area contributed by atoms with Gasteiger partial charge in [0, 0.05) is 30.7 Å². The fourth-order valence-corrected chi connectivity index (χ4v) is 3.64. The van der Waals surface area contributed by atoms with E-state index in [0.29, 0.717) is 11.6 Å². The van der Waals surface area contributed by atoms with E-state index in [-0.39, 0.29) is 0 Å². The zero-order valence-corrected chi connectivity index (χ0v) is 14.1. The van der Waals surface area contributed by atoms with Crippen LogP contribution < -0.4 is 5.32 Å². The van der Waals surface area contributed by atoms with Gasteiger partial charge in [-0.2, -0.15) is 0 Å². The van der Waals surface area contributed by atoms with Gasteiger partial charge in [-0.05, 0) is 31.6 Å². The van der Waals surface area contributed by atoms with Crippen molar-refractivity contribution in [2.45, 2.75) is 91.3 Å². The Morgan fingerprint density at radius 1 is 1.16 bits per heavy atom. The molecule has 2 unspecified atom stereocenters. The van der Waals surface area contributed by atoms with Crippen molar-refractivity contribution in [3.8, 4) is 0 Å². The van der Waals surface area contributed by atoms with E-state index >= 15 is 0 Å². The minimum absolute atomic E-state index is 0.354. The molecule has 0 spiro atoms. The smallest absolute Gasteiger partial charge is 0.0304 e. The fourth-order valence-electron chi connectivity index (χ4n) is 3.64. The molecule has 0 aliphatic carbocycles. The number of nitrogens with one attached hydrogen (secondary N) is 1. The Morgan fingerprint density at radius 3 is 2.21 bits per heavy atom. The predicted molar refractivity (Wildman–Crippen MR) is 85.6 cm³/mol. The van der Waals surface area contributed by atoms with Gasteiger partial charge in [0.15, 0.2) is 0 Å². The van der Waals surface area contributed by atoms with Gasteiger partial charge in [0.1, 0.15) is 0 Å². The maximum absolute atomic E-state index is 3.87. The third-order valence-electron chi connectivity index (χ3n) is 5.28. The van der Waals surface area contributed by atoms with Crippen LogP contribution in [0, 0.1) is 5.92 Å². The molecule has 0 aromatic heterocycles. The molecule has 2 atom stereocenters. The summed E-state index contributed by atoms with van der Waals surface area (Å²) < 4.78 is 0. The van der Waals surface area contributed by atoms with Gasteiger partial charge in [0.25, 0.3) is 0 Å². The molecule has 0 amide bonds. The SMILES string of the molecule is CCCC(CC)N1CC(CC)(CC)NCC1C(C)C. The van der Waals surface area contributed by atoms with Crippen LogP contribution in [-0.4, -0.2) is 35.6 Å². The molecule has 1 heterocycles. The van der Waals surface area contributed by atoms with Gasteiger partial charge in [-0.15, -0.1) is 0 Å². The van der Waals surface area contributed by atoms with E-state index in [1.165, 1.54) is 45.2 Å². The van der Waals surface area contributed by atoms with Crippen LogP contribution in [0.4, 0.5) is 0 Å². The van der Waals surface area contributed by atoms with Crippen molar-refractivity contribution in [3.05, 3.63) is 0 Å². The van der Waals surface area contributed by atoms with E-state index in [1.54, 1.807) is 0 Å². The molecule has 1 N–H and O–H groups in total. The lowest BCUT2D eigenvalue weighted by molar-refractivity contribution is 0.0123. The minimum atomic E-state index is 0.354. The third-order valence-corrected chi connectivity index (χ3v) is 5.28. The molecule has 0 aromatic rings. The molecule has 0 aromatic carbocycles. The topological polar surface area (TPSA) is 15.3 Å². The average molecular weight is 268 g/mol. The van der Waals surface area contributed by atoms with Crippen molar-refractivity contribution in [3.63, 3.8) is 0 Å². The van der Waals surface area contributed by atoms with Crippen molar-refractivity contribution in [1.29, 1.82) is 0 Å². The van der Waals surface area contributed by atoms with Crippen LogP contribution in [-0.2, 0) is 0 Å². The molecule has 114 valence electrons. The van der Waals surface area contributed by atoms with Gasteiger partial charge >= 0.3 is 0 Å². The molecule has 0 saturated carbocycles. The summed E-state index contributed by atoms with van der Waals surface area (Å²) in [7, 11) is 0. The number of piperazine rings is 1. The van der Waals surface area contributed by atoms with Gasteiger partial charge < -0.3 is 5.32 Å². The van der Waals surface area contributed by atoms with Crippen molar-refractivity contribution in [1.82, 2.24) is 10.2 Å². The summed E-state index contributed by atoms with van der Waals surface area (Å²) in [6.07, 6.45) is 6.43. The van der Waals surface area contributed by atoms with E-state index in [1.807, 2.05) is 0 Å². The second-order valence-corrected chi connectivity index (χ2v) is 6.70. The summed E-state index contributed by atoms with van der Waals surface area (Å²) in [6, 6.07) is 1.49. The standard InChI is InChI=1S/C17H36N2/c1-7-11-15(8-2)19-13-17(9-3,10-4)18-12-16(19)14(5)6/h14-16,18H,7-13H2,1-6H3. The Balaban J connectivity index is 2.89. The van der Waals surface area contributed by atoms with E-state index in [9.17, 15) is 0 Å². The first-order chi connectivity index (χ1) is 9.03. The van der Waals surface area contributed by atoms with Crippen molar-refractivity contribution in [2.24, 2.45) is 5.92 Å². The van der Waals surface area contributed by atoms with Crippen LogP contribution in [0.2, 0.25) is 0 Å². The normalized spacial score (nSPS) is 25.7. The fraction of sp³-hybridized carbons (Fsp3) is 1.00. The Hall–Kier alpha value is -0.0800. The number of hydrogen-bond acceptors (Lipinski definition) is 2. The second-order valence-electron chi connectivity index (χ2n) is 6.70. The molecule has 1 aliphatic rings. The highest BCUT2D eigenvalue weighted by atomic mass is 15.3. The number of rotatable bonds is 7. The molecule has 0 radical (unpaired) electrons. The monoisotopic (exact) mass is 268 g/mol. The van der Waals surface area contributed by atoms with Gasteiger partial charge in [0.2, 0.25) is 0 Å². The first kappa shape index (κ1) is 17.0. The number of nitrogens with zero attached hydrogens (tertiary/aromatic N) is 1. The quantitative estimate of drug-likeness (QED) is 0.749. The van der Waals surface area contributed by atoms with Crippen LogP contribution in [0.1, 0.15) is 73.6 Å². The van der Waals surface area contributed by atoms with Crippen molar-refractivity contribution >= 4 is 0 Å². The molecule has 19 heavy (non-hydrogen) atoms. The first-order valence-corrected chi connectivity index (χ1v) is 8.54. The van der Waals surface area contributed by atoms with Crippen molar-refractivity contribution < 1.29 is 0 Å². The van der Waals surface area contributed by atoms with Gasteiger partial charge in [-0.1, -0.05) is 48.0 Å². The summed E-state index contributed by atoms with van der Waals surface area (Å²) in [6.45, 7) is 16.5. The lowest BCUT2D eigenvalue weighted by Gasteiger charge is -2.51. The molecule has 1 rings (SSSR count). The predicted octanol–water partition coefficient (Wildman–Crippen LogP) is 4.05. The van der Waals surface area contributed by atoms with Crippen LogP contribution in [0.15, 0.2) is 0 Å². The lowest BCUT2D eigenvalue weighted by atomic mass is 9.84. The van der Waals surface area contributed by atoms with Gasteiger partial charge in [-0.3, -0.25) is 4.90 Å². The zero-order chi connectivity index (χ0) is 14.5. The van der Waals surface area contributed by atoms with Gasteiger partial charge in [-0.25, -0.2) is 0 Å². The molecule has 0 bridgehead atoms. The zero-order valence-electron chi connectivity index (χ0n) is 14.1. The Labute approximate surface area is 121 Å². The molecule has 1 saturated heterocycles. The first-order valence-electron chi connectivity index (χ1n) is 8.54. The minimum Gasteiger partial charge on any atom is -0.308 e. The molecule has 2 heteroatoms. The average Bonchev–Trinajstić information content (AvgIpc) is 2.43. The number of hydrogen-bond donors (Lipinski definition) is 1. The summed E-state index contributed by atoms with van der Waals surface area (Å²) in [4.78, 5) is 2.84. The highest BCUT2D eigenvalue weighted by Gasteiger charge is 2.39. The Bertz CT molecular complexity index is 246. The molecular formula is C17H36N2. The van der Waals surface area contributed by atoms with E-state index in [2.05, 4.69) is 51.8 Å². The van der Waals surface area contributed by atoms with Crippen LogP contribution in [0.25, 0.3) is 0 Å². The Morgan fingerprint density at radius 2 is 1.79 bits per heavy atom. The maximum atomic E-state index is 3.87. The van der Waals surface area contributed by atoms with Crippen LogP contribution in [0.5, 0.6) is 0 Å². The summed E-state index contributed by atoms with van der Waals surface area (Å²) in [5.74, 6) is 0.741. The highest BCUT2D eigenvalue weighted by molar-refractivity contribution is 4.99. The molecule has 1 fully saturated rings. The van der Waals surface area contributed by atoms with Crippen LogP contribution >= 0.6 is 0 Å². The van der Waals surface area contributed by atoms with Crippen LogP contribution in [0.3, 0.4) is 0 Å². The van der Waals surface area contributed by atoms with Gasteiger partial charge in [0.05, 0.1) is 0 Å². The summed E-state index contributed by atoms with van der Waals surface area (Å²) >= 11 is 0. The second kappa shape index (κ2) is 7.64. The molecule has 1 aliphatic heterocycles. The Kier molecular flexibility index (Phi) is 6.82. The van der Waals surface area contributed by atoms with E-state index < -0.39 is 0 Å². The molecular weight excluding hydrogens is 232 g/mol. The largest absolute Gasteiger partial charge is 0.308 e. The maximum Gasteiger partial charge on any atom is 0.0304 e. The summed E-state index contributed by atoms with van der Waals surface area (Å²) in [5.41, 5.74) is 0.354. The van der Waals surface area contributed by atoms with Crippen molar-refractivity contribution in [2.75, 3.05) is 13.1 Å². The molecule has 2 nitrogen and oxygen atoms in total. The lowest BCUT2D eigenvalue weighted by Crippen LogP contribution is -2.66. The highest BCUT2D eigenvalue weighted by Crippen LogP contribution is 2.29. The summed E-state index contributed by atoms with van der Waals surface area (Å²) in [5, 5.41) is 3.87. The third kappa shape index (κ3) is 3.95. The van der Waals surface area contributed by atoms with E-state index in [4.69, 9.17) is 0 Å².